The Morgan fingerprint density at radius 2 is 2.00 bits per heavy atom. The fourth-order valence-electron chi connectivity index (χ4n) is 4.36. The number of nitrogens with two attached hydrogens (primary N) is 1. The number of halogens is 1. The van der Waals surface area contributed by atoms with E-state index in [9.17, 15) is 14.7 Å². The lowest BCUT2D eigenvalue weighted by atomic mass is 9.88. The van der Waals surface area contributed by atoms with Gasteiger partial charge in [-0.05, 0) is 70.3 Å². The number of carbonyl (C=O) groups excluding carboxylic acids is 1. The van der Waals surface area contributed by atoms with Crippen LogP contribution in [0, 0.1) is 11.3 Å². The molecule has 1 aliphatic rings. The number of hydrogen-bond donors (Lipinski definition) is 2. The molecule has 31 heavy (non-hydrogen) atoms. The molecule has 1 aromatic heterocycles. The number of hydrogen-bond acceptors (Lipinski definition) is 5. The van der Waals surface area contributed by atoms with Crippen molar-refractivity contribution < 1.29 is 14.7 Å². The first-order chi connectivity index (χ1) is 14.7. The third-order valence-corrected chi connectivity index (χ3v) is 6.67. The van der Waals surface area contributed by atoms with E-state index in [1.54, 1.807) is 32.2 Å². The van der Waals surface area contributed by atoms with E-state index in [-0.39, 0.29) is 5.78 Å². The molecule has 3 N–H and O–H groups in total. The Kier molecular flexibility index (Phi) is 7.55. The average Bonchev–Trinajstić information content (AvgIpc) is 2.74. The lowest BCUT2D eigenvalue weighted by Gasteiger charge is -2.35. The molecule has 2 aromatic rings. The normalized spacial score (nSPS) is 16.0. The molecule has 0 aliphatic carbocycles. The summed E-state index contributed by atoms with van der Waals surface area (Å²) in [5.74, 6) is -0.0475. The van der Waals surface area contributed by atoms with Gasteiger partial charge in [0.1, 0.15) is 0 Å². The van der Waals surface area contributed by atoms with Gasteiger partial charge in [0.25, 0.3) is 0 Å². The molecule has 0 saturated carbocycles. The molecule has 0 bridgehead atoms. The van der Waals surface area contributed by atoms with Crippen LogP contribution in [0.5, 0.6) is 0 Å². The van der Waals surface area contributed by atoms with Crippen molar-refractivity contribution >= 4 is 39.9 Å². The lowest BCUT2D eigenvalue weighted by molar-refractivity contribution is -0.148. The smallest absolute Gasteiger partial charge is 0.310 e. The number of aromatic nitrogens is 1. The molecule has 0 spiro atoms. The fraction of sp³-hybridized carbons (Fsp3) is 0.542. The van der Waals surface area contributed by atoms with Crippen LogP contribution in [0.2, 0.25) is 5.02 Å². The van der Waals surface area contributed by atoms with Gasteiger partial charge in [-0.1, -0.05) is 24.4 Å². The van der Waals surface area contributed by atoms with Crippen LogP contribution in [0.4, 0.5) is 5.69 Å². The fourth-order valence-corrected chi connectivity index (χ4v) is 4.58. The number of fused-ring (bicyclic) bond motifs is 1. The Balaban J connectivity index is 1.45. The first kappa shape index (κ1) is 23.5. The van der Waals surface area contributed by atoms with E-state index in [1.807, 2.05) is 6.07 Å². The van der Waals surface area contributed by atoms with Crippen molar-refractivity contribution in [2.75, 3.05) is 25.4 Å². The van der Waals surface area contributed by atoms with Gasteiger partial charge in [-0.25, -0.2) is 0 Å². The zero-order valence-electron chi connectivity index (χ0n) is 18.4. The lowest BCUT2D eigenvalue weighted by Crippen LogP contribution is -2.43. The molecule has 1 saturated heterocycles. The molecule has 1 aliphatic heterocycles. The number of likely N-dealkylation sites (tertiary alicyclic amines) is 1. The van der Waals surface area contributed by atoms with E-state index < -0.39 is 11.4 Å². The first-order valence-corrected chi connectivity index (χ1v) is 11.4. The van der Waals surface area contributed by atoms with Gasteiger partial charge in [0.05, 0.1) is 21.6 Å². The summed E-state index contributed by atoms with van der Waals surface area (Å²) >= 11 is 6.23. The maximum absolute atomic E-state index is 12.8. The molecular formula is C24H32ClN3O3. The van der Waals surface area contributed by atoms with Gasteiger partial charge in [-0.15, -0.1) is 0 Å². The van der Waals surface area contributed by atoms with Crippen LogP contribution in [0.3, 0.4) is 0 Å². The number of Topliss-reactive ketones (excluding diaryl/α,β-unsaturated/α-hetero) is 1. The largest absolute Gasteiger partial charge is 0.481 e. The molecule has 168 valence electrons. The summed E-state index contributed by atoms with van der Waals surface area (Å²) in [6.07, 6.45) is 7.25. The molecule has 0 atom stereocenters. The van der Waals surface area contributed by atoms with Crippen molar-refractivity contribution in [1.82, 2.24) is 9.88 Å². The summed E-state index contributed by atoms with van der Waals surface area (Å²) in [5, 5.41) is 10.4. The van der Waals surface area contributed by atoms with Crippen LogP contribution in [0.1, 0.15) is 62.7 Å². The number of nitrogens with zero attached hydrogens (tertiary/aromatic N) is 2. The van der Waals surface area contributed by atoms with Gasteiger partial charge in [0, 0.05) is 30.1 Å². The van der Waals surface area contributed by atoms with E-state index >= 15 is 0 Å². The third-order valence-electron chi connectivity index (χ3n) is 6.35. The number of ketones is 1. The Morgan fingerprint density at radius 1 is 1.29 bits per heavy atom. The molecule has 3 rings (SSSR count). The van der Waals surface area contributed by atoms with Crippen LogP contribution >= 0.6 is 11.6 Å². The number of nitrogen functional groups attached to an aromatic ring is 1. The Morgan fingerprint density at radius 3 is 2.68 bits per heavy atom. The average molecular weight is 446 g/mol. The predicted molar refractivity (Wildman–Crippen MR) is 125 cm³/mol. The molecule has 1 fully saturated rings. The molecule has 0 amide bonds. The quantitative estimate of drug-likeness (QED) is 0.319. The van der Waals surface area contributed by atoms with E-state index in [4.69, 9.17) is 17.3 Å². The van der Waals surface area contributed by atoms with Crippen LogP contribution in [0.15, 0.2) is 24.4 Å². The summed E-state index contributed by atoms with van der Waals surface area (Å²) < 4.78 is 0. The molecule has 6 nitrogen and oxygen atoms in total. The molecular weight excluding hydrogens is 414 g/mol. The van der Waals surface area contributed by atoms with Crippen LogP contribution in [0.25, 0.3) is 10.9 Å². The number of carbonyl (C=O) groups is 2. The summed E-state index contributed by atoms with van der Waals surface area (Å²) in [6, 6.07) is 5.27. The zero-order chi connectivity index (χ0) is 22.6. The number of unbranched alkanes of at least 4 members (excludes halogenated alkanes) is 1. The first-order valence-electron chi connectivity index (χ1n) is 11.0. The monoisotopic (exact) mass is 445 g/mol. The van der Waals surface area contributed by atoms with Crippen molar-refractivity contribution in [1.29, 1.82) is 0 Å². The highest BCUT2D eigenvalue weighted by atomic mass is 35.5. The SMILES string of the molecule is CC(C)(CN1CCC(CCCCC(=O)c2cc(Cl)c(N)c3cccnc23)CC1)C(=O)O. The van der Waals surface area contributed by atoms with Gasteiger partial charge >= 0.3 is 5.97 Å². The highest BCUT2D eigenvalue weighted by Gasteiger charge is 2.31. The van der Waals surface area contributed by atoms with E-state index in [0.717, 1.165) is 50.6 Å². The minimum absolute atomic E-state index is 0.0521. The van der Waals surface area contributed by atoms with Gasteiger partial charge < -0.3 is 15.7 Å². The molecule has 0 unspecified atom stereocenters. The number of benzene rings is 1. The third kappa shape index (κ3) is 5.74. The molecule has 7 heteroatoms. The van der Waals surface area contributed by atoms with Crippen molar-refractivity contribution in [2.24, 2.45) is 11.3 Å². The van der Waals surface area contributed by atoms with Crippen LogP contribution in [-0.4, -0.2) is 46.4 Å². The number of anilines is 1. The maximum atomic E-state index is 12.8. The topological polar surface area (TPSA) is 96.5 Å². The minimum atomic E-state index is -0.746. The van der Waals surface area contributed by atoms with E-state index in [1.165, 1.54) is 0 Å². The number of aliphatic carboxylic acids is 1. The Labute approximate surface area is 188 Å². The van der Waals surface area contributed by atoms with Gasteiger partial charge in [-0.3, -0.25) is 14.6 Å². The second-order valence-corrected chi connectivity index (χ2v) is 9.70. The zero-order valence-corrected chi connectivity index (χ0v) is 19.1. The van der Waals surface area contributed by atoms with Crippen molar-refractivity contribution in [2.45, 2.75) is 52.4 Å². The van der Waals surface area contributed by atoms with E-state index in [0.29, 0.717) is 40.7 Å². The van der Waals surface area contributed by atoms with Crippen molar-refractivity contribution in [3.8, 4) is 0 Å². The Bertz CT molecular complexity index is 952. The van der Waals surface area contributed by atoms with Gasteiger partial charge in [0.15, 0.2) is 5.78 Å². The highest BCUT2D eigenvalue weighted by Crippen LogP contribution is 2.31. The molecule has 2 heterocycles. The summed E-state index contributed by atoms with van der Waals surface area (Å²) in [5.41, 5.74) is 6.94. The van der Waals surface area contributed by atoms with Crippen molar-refractivity contribution in [3.05, 3.63) is 35.0 Å². The second-order valence-electron chi connectivity index (χ2n) is 9.30. The number of pyridine rings is 1. The number of carboxylic acids is 1. The van der Waals surface area contributed by atoms with Gasteiger partial charge in [-0.2, -0.15) is 0 Å². The highest BCUT2D eigenvalue weighted by molar-refractivity contribution is 6.35. The molecule has 1 aromatic carbocycles. The summed E-state index contributed by atoms with van der Waals surface area (Å²) in [6.45, 7) is 6.05. The number of rotatable bonds is 9. The minimum Gasteiger partial charge on any atom is -0.481 e. The van der Waals surface area contributed by atoms with Crippen LogP contribution < -0.4 is 5.73 Å². The maximum Gasteiger partial charge on any atom is 0.310 e. The van der Waals surface area contributed by atoms with Crippen molar-refractivity contribution in [3.63, 3.8) is 0 Å². The summed E-state index contributed by atoms with van der Waals surface area (Å²) in [7, 11) is 0. The number of piperidine rings is 1. The number of carboxylic acid groups (broad SMARTS) is 1. The standard InChI is InChI=1S/C24H32ClN3O3/c1-24(2,23(30)31)15-28-12-9-16(10-13-28)6-3-4-8-20(29)18-14-19(25)21(26)17-7-5-11-27-22(17)18/h5,7,11,14,16H,3-4,6,8-10,12-13,15,26H2,1-2H3,(H,30,31). The molecule has 0 radical (unpaired) electrons. The second kappa shape index (κ2) is 9.96. The predicted octanol–water partition coefficient (Wildman–Crippen LogP) is 5.04. The summed E-state index contributed by atoms with van der Waals surface area (Å²) in [4.78, 5) is 30.7. The Hall–Kier alpha value is -2.18. The van der Waals surface area contributed by atoms with E-state index in [2.05, 4.69) is 9.88 Å². The van der Waals surface area contributed by atoms with Crippen LogP contribution in [-0.2, 0) is 4.79 Å². The van der Waals surface area contributed by atoms with Gasteiger partial charge in [0.2, 0.25) is 0 Å².